The Kier molecular flexibility index (Phi) is 4.62. The molecule has 0 bridgehead atoms. The number of hydrogen-bond acceptors (Lipinski definition) is 7. The molecule has 0 atom stereocenters. The van der Waals surface area contributed by atoms with Crippen LogP contribution in [0.15, 0.2) is 36.7 Å². The zero-order valence-corrected chi connectivity index (χ0v) is 15.2. The molecule has 7 heteroatoms. The van der Waals surface area contributed by atoms with Gasteiger partial charge in [-0.25, -0.2) is 9.97 Å². The molecule has 3 aromatic rings. The van der Waals surface area contributed by atoms with E-state index in [-0.39, 0.29) is 0 Å². The zero-order valence-electron chi connectivity index (χ0n) is 15.2. The van der Waals surface area contributed by atoms with Crippen molar-refractivity contribution in [1.29, 1.82) is 0 Å². The summed E-state index contributed by atoms with van der Waals surface area (Å²) in [6.45, 7) is 9.24. The van der Waals surface area contributed by atoms with Gasteiger partial charge in [-0.2, -0.15) is 9.97 Å². The molecule has 0 saturated carbocycles. The molecule has 1 aliphatic heterocycles. The molecule has 134 valence electrons. The van der Waals surface area contributed by atoms with E-state index in [1.807, 2.05) is 12.1 Å². The first-order valence-corrected chi connectivity index (χ1v) is 9.02. The molecule has 26 heavy (non-hydrogen) atoms. The molecule has 0 radical (unpaired) electrons. The zero-order chi connectivity index (χ0) is 17.9. The van der Waals surface area contributed by atoms with Crippen molar-refractivity contribution in [2.24, 2.45) is 0 Å². The van der Waals surface area contributed by atoms with E-state index in [1.54, 1.807) is 12.4 Å². The number of rotatable bonds is 4. The maximum atomic E-state index is 4.78. The SMILES string of the molecule is CCN1CCN(c2nc(Nc3ccc(C)cc3)c3nccnc3n2)CC1. The molecular formula is C19H23N7. The van der Waals surface area contributed by atoms with Gasteiger partial charge in [0.25, 0.3) is 0 Å². The fourth-order valence-corrected chi connectivity index (χ4v) is 3.12. The Hall–Kier alpha value is -2.80. The maximum absolute atomic E-state index is 4.78. The highest BCUT2D eigenvalue weighted by Crippen LogP contribution is 2.24. The largest absolute Gasteiger partial charge is 0.338 e. The smallest absolute Gasteiger partial charge is 0.229 e. The van der Waals surface area contributed by atoms with Crippen molar-refractivity contribution < 1.29 is 0 Å². The van der Waals surface area contributed by atoms with E-state index in [2.05, 4.69) is 56.0 Å². The average molecular weight is 349 g/mol. The summed E-state index contributed by atoms with van der Waals surface area (Å²) in [5, 5.41) is 3.38. The van der Waals surface area contributed by atoms with Crippen LogP contribution in [0.3, 0.4) is 0 Å². The summed E-state index contributed by atoms with van der Waals surface area (Å²) in [5.41, 5.74) is 3.49. The Bertz CT molecular complexity index is 886. The Morgan fingerprint density at radius 1 is 0.962 bits per heavy atom. The van der Waals surface area contributed by atoms with Crippen molar-refractivity contribution in [2.75, 3.05) is 42.9 Å². The molecule has 0 amide bonds. The Morgan fingerprint density at radius 3 is 2.42 bits per heavy atom. The number of nitrogens with one attached hydrogen (secondary N) is 1. The minimum absolute atomic E-state index is 0.616. The van der Waals surface area contributed by atoms with Gasteiger partial charge >= 0.3 is 0 Å². The predicted molar refractivity (Wildman–Crippen MR) is 104 cm³/mol. The summed E-state index contributed by atoms with van der Waals surface area (Å²) in [4.78, 5) is 22.9. The second kappa shape index (κ2) is 7.21. The molecule has 1 saturated heterocycles. The van der Waals surface area contributed by atoms with Crippen LogP contribution in [0.1, 0.15) is 12.5 Å². The van der Waals surface area contributed by atoms with Crippen LogP contribution in [0.5, 0.6) is 0 Å². The van der Waals surface area contributed by atoms with Crippen LogP contribution in [-0.4, -0.2) is 57.6 Å². The summed E-state index contributed by atoms with van der Waals surface area (Å²) < 4.78 is 0. The first-order valence-electron chi connectivity index (χ1n) is 9.02. The van der Waals surface area contributed by atoms with Gasteiger partial charge < -0.3 is 15.1 Å². The summed E-state index contributed by atoms with van der Waals surface area (Å²) in [5.74, 6) is 1.41. The van der Waals surface area contributed by atoms with Gasteiger partial charge in [0, 0.05) is 44.3 Å². The van der Waals surface area contributed by atoms with Crippen molar-refractivity contribution in [3.63, 3.8) is 0 Å². The van der Waals surface area contributed by atoms with Crippen LogP contribution >= 0.6 is 0 Å². The summed E-state index contributed by atoms with van der Waals surface area (Å²) >= 11 is 0. The van der Waals surface area contributed by atoms with E-state index >= 15 is 0 Å². The number of likely N-dealkylation sites (N-methyl/N-ethyl adjacent to an activating group) is 1. The lowest BCUT2D eigenvalue weighted by Crippen LogP contribution is -2.46. The number of anilines is 3. The number of aromatic nitrogens is 4. The van der Waals surface area contributed by atoms with E-state index < -0.39 is 0 Å². The normalized spacial score (nSPS) is 15.4. The highest BCUT2D eigenvalue weighted by Gasteiger charge is 2.20. The molecule has 1 N–H and O–H groups in total. The van der Waals surface area contributed by atoms with E-state index in [1.165, 1.54) is 5.56 Å². The third-order valence-electron chi connectivity index (χ3n) is 4.74. The highest BCUT2D eigenvalue weighted by molar-refractivity contribution is 5.85. The van der Waals surface area contributed by atoms with Crippen molar-refractivity contribution in [3.05, 3.63) is 42.2 Å². The van der Waals surface area contributed by atoms with Crippen molar-refractivity contribution in [1.82, 2.24) is 24.8 Å². The van der Waals surface area contributed by atoms with Crippen LogP contribution in [-0.2, 0) is 0 Å². The fraction of sp³-hybridized carbons (Fsp3) is 0.368. The predicted octanol–water partition coefficient (Wildman–Crippen LogP) is 2.61. The first kappa shape index (κ1) is 16.7. The summed E-state index contributed by atoms with van der Waals surface area (Å²) in [6.07, 6.45) is 3.34. The van der Waals surface area contributed by atoms with Crippen LogP contribution in [0.2, 0.25) is 0 Å². The summed E-state index contributed by atoms with van der Waals surface area (Å²) in [7, 11) is 0. The molecule has 0 aliphatic carbocycles. The van der Waals surface area contributed by atoms with Crippen LogP contribution in [0, 0.1) is 6.92 Å². The number of piperazine rings is 1. The lowest BCUT2D eigenvalue weighted by Gasteiger charge is -2.34. The molecule has 0 spiro atoms. The van der Waals surface area contributed by atoms with Gasteiger partial charge in [0.15, 0.2) is 17.0 Å². The quantitative estimate of drug-likeness (QED) is 0.776. The van der Waals surface area contributed by atoms with E-state index in [9.17, 15) is 0 Å². The fourth-order valence-electron chi connectivity index (χ4n) is 3.12. The minimum Gasteiger partial charge on any atom is -0.338 e. The molecule has 7 nitrogen and oxygen atoms in total. The van der Waals surface area contributed by atoms with Gasteiger partial charge in [0.05, 0.1) is 0 Å². The Labute approximate surface area is 153 Å². The van der Waals surface area contributed by atoms with Crippen molar-refractivity contribution in [2.45, 2.75) is 13.8 Å². The Balaban J connectivity index is 1.68. The molecule has 4 rings (SSSR count). The van der Waals surface area contributed by atoms with Crippen LogP contribution in [0.4, 0.5) is 17.5 Å². The lowest BCUT2D eigenvalue weighted by atomic mass is 10.2. The molecule has 0 unspecified atom stereocenters. The number of aryl methyl sites for hydroxylation is 1. The number of nitrogens with zero attached hydrogens (tertiary/aromatic N) is 6. The van der Waals surface area contributed by atoms with Gasteiger partial charge in [0.2, 0.25) is 5.95 Å². The topological polar surface area (TPSA) is 70.1 Å². The first-order chi connectivity index (χ1) is 12.7. The monoisotopic (exact) mass is 349 g/mol. The lowest BCUT2D eigenvalue weighted by molar-refractivity contribution is 0.270. The molecule has 1 aromatic carbocycles. The van der Waals surface area contributed by atoms with E-state index in [0.29, 0.717) is 22.9 Å². The molecule has 1 aliphatic rings. The van der Waals surface area contributed by atoms with Crippen molar-refractivity contribution in [3.8, 4) is 0 Å². The number of hydrogen-bond donors (Lipinski definition) is 1. The molecule has 2 aromatic heterocycles. The molecule has 1 fully saturated rings. The number of benzene rings is 1. The molecule has 3 heterocycles. The average Bonchev–Trinajstić information content (AvgIpc) is 2.69. The van der Waals surface area contributed by atoms with Gasteiger partial charge in [-0.15, -0.1) is 0 Å². The summed E-state index contributed by atoms with van der Waals surface area (Å²) in [6, 6.07) is 8.23. The Morgan fingerprint density at radius 2 is 1.69 bits per heavy atom. The third-order valence-corrected chi connectivity index (χ3v) is 4.74. The van der Waals surface area contributed by atoms with Crippen LogP contribution < -0.4 is 10.2 Å². The third kappa shape index (κ3) is 3.43. The van der Waals surface area contributed by atoms with E-state index in [0.717, 1.165) is 38.4 Å². The standard InChI is InChI=1S/C19H23N7/c1-3-25-10-12-26(13-11-25)19-23-17-16(20-8-9-21-17)18(24-19)22-15-6-4-14(2)5-7-15/h4-9H,3,10-13H2,1-2H3,(H,21,22,23,24). The van der Waals surface area contributed by atoms with Gasteiger partial charge in [-0.3, -0.25) is 0 Å². The number of fused-ring (bicyclic) bond motifs is 1. The van der Waals surface area contributed by atoms with Gasteiger partial charge in [-0.05, 0) is 25.6 Å². The molecular weight excluding hydrogens is 326 g/mol. The van der Waals surface area contributed by atoms with E-state index in [4.69, 9.17) is 4.98 Å². The second-order valence-electron chi connectivity index (χ2n) is 6.51. The maximum Gasteiger partial charge on any atom is 0.229 e. The second-order valence-corrected chi connectivity index (χ2v) is 6.51. The van der Waals surface area contributed by atoms with Crippen molar-refractivity contribution >= 4 is 28.6 Å². The van der Waals surface area contributed by atoms with Gasteiger partial charge in [-0.1, -0.05) is 24.6 Å². The van der Waals surface area contributed by atoms with Crippen LogP contribution in [0.25, 0.3) is 11.2 Å². The minimum atomic E-state index is 0.616. The van der Waals surface area contributed by atoms with Gasteiger partial charge in [0.1, 0.15) is 0 Å². The highest BCUT2D eigenvalue weighted by atomic mass is 15.3.